The third-order valence-corrected chi connectivity index (χ3v) is 8.57. The van der Waals surface area contributed by atoms with Crippen LogP contribution < -0.4 is 15.7 Å². The maximum absolute atomic E-state index is 14.1. The molecule has 11 heteroatoms. The molecule has 0 bridgehead atoms. The minimum atomic E-state index is -4.70. The molecular weight excluding hydrogens is 513 g/mol. The monoisotopic (exact) mass is 544 g/mol. The molecule has 2 aromatic carbocycles. The van der Waals surface area contributed by atoms with Crippen molar-refractivity contribution in [2.24, 2.45) is 0 Å². The minimum absolute atomic E-state index is 0.0249. The number of fused-ring (bicyclic) bond motifs is 3. The van der Waals surface area contributed by atoms with Crippen LogP contribution in [0, 0.1) is 6.92 Å². The molecule has 3 aromatic rings. The molecule has 1 aliphatic carbocycles. The van der Waals surface area contributed by atoms with Gasteiger partial charge in [0.1, 0.15) is 12.4 Å². The summed E-state index contributed by atoms with van der Waals surface area (Å²) in [6.45, 7) is 5.59. The molecule has 208 valence electrons. The molecule has 1 saturated carbocycles. The molecule has 3 aliphatic rings. The molecule has 2 fully saturated rings. The van der Waals surface area contributed by atoms with Crippen LogP contribution in [-0.2, 0) is 16.4 Å². The molecule has 1 amide bonds. The van der Waals surface area contributed by atoms with Gasteiger partial charge in [0.15, 0.2) is 0 Å². The topological polar surface area (TPSA) is 99.6 Å². The zero-order chi connectivity index (χ0) is 27.7. The number of likely N-dealkylation sites (tertiary alicyclic amines) is 1. The van der Waals surface area contributed by atoms with Crippen LogP contribution in [-0.4, -0.2) is 57.3 Å². The first-order chi connectivity index (χ1) is 18.4. The van der Waals surface area contributed by atoms with Crippen LogP contribution in [0.2, 0.25) is 0 Å². The van der Waals surface area contributed by atoms with Crippen molar-refractivity contribution in [3.8, 4) is 5.75 Å². The Kier molecular flexibility index (Phi) is 5.89. The zero-order valence-electron chi connectivity index (χ0n) is 21.8. The predicted octanol–water partition coefficient (Wildman–Crippen LogP) is 4.11. The molecule has 39 heavy (non-hydrogen) atoms. The number of H-pyrrole nitrogens is 1. The average molecular weight is 545 g/mol. The SMILES string of the molecule is Cc1ccc2c(c1)C1(CCN(CCOc3cc(C(F)(F)F)c4c(c3)[nH]c(=O)n4C3CC(C)(O)C3)CC1)C(=O)N2. The number of alkyl halides is 3. The number of amides is 1. The second-order valence-electron chi connectivity index (χ2n) is 11.5. The first kappa shape index (κ1) is 25.9. The summed E-state index contributed by atoms with van der Waals surface area (Å²) in [5.74, 6) is 0.0512. The molecule has 6 rings (SSSR count). The number of nitrogens with zero attached hydrogens (tertiary/aromatic N) is 2. The average Bonchev–Trinajstić information content (AvgIpc) is 3.30. The van der Waals surface area contributed by atoms with Gasteiger partial charge in [0.25, 0.3) is 0 Å². The van der Waals surface area contributed by atoms with Crippen molar-refractivity contribution in [3.63, 3.8) is 0 Å². The zero-order valence-corrected chi connectivity index (χ0v) is 21.8. The van der Waals surface area contributed by atoms with Gasteiger partial charge in [-0.15, -0.1) is 0 Å². The van der Waals surface area contributed by atoms with Gasteiger partial charge >= 0.3 is 11.9 Å². The second kappa shape index (κ2) is 8.85. The molecule has 3 heterocycles. The molecule has 2 aliphatic heterocycles. The number of rotatable bonds is 5. The normalized spacial score (nSPS) is 24.6. The van der Waals surface area contributed by atoms with Gasteiger partial charge in [0.05, 0.1) is 27.6 Å². The maximum atomic E-state index is 14.1. The van der Waals surface area contributed by atoms with Gasteiger partial charge < -0.3 is 20.1 Å². The number of aryl methyl sites for hydroxylation is 1. The molecule has 0 atom stereocenters. The van der Waals surface area contributed by atoms with Crippen molar-refractivity contribution in [1.82, 2.24) is 14.5 Å². The summed E-state index contributed by atoms with van der Waals surface area (Å²) in [5.41, 5.74) is -0.262. The third kappa shape index (κ3) is 4.41. The van der Waals surface area contributed by atoms with E-state index in [1.807, 2.05) is 19.1 Å². The number of nitrogens with one attached hydrogen (secondary N) is 2. The summed E-state index contributed by atoms with van der Waals surface area (Å²) in [6, 6.07) is 7.86. The Labute approximate surface area is 222 Å². The van der Waals surface area contributed by atoms with E-state index < -0.39 is 34.5 Å². The lowest BCUT2D eigenvalue weighted by Gasteiger charge is -2.41. The van der Waals surface area contributed by atoms with E-state index in [2.05, 4.69) is 21.3 Å². The molecule has 0 unspecified atom stereocenters. The minimum Gasteiger partial charge on any atom is -0.492 e. The summed E-state index contributed by atoms with van der Waals surface area (Å²) in [7, 11) is 0. The van der Waals surface area contributed by atoms with E-state index in [1.54, 1.807) is 6.92 Å². The molecule has 1 spiro atoms. The van der Waals surface area contributed by atoms with Crippen molar-refractivity contribution in [3.05, 3.63) is 57.5 Å². The van der Waals surface area contributed by atoms with E-state index in [4.69, 9.17) is 4.74 Å². The fraction of sp³-hybridized carbons (Fsp3) is 0.500. The van der Waals surface area contributed by atoms with Crippen LogP contribution in [0.25, 0.3) is 11.0 Å². The number of hydrogen-bond donors (Lipinski definition) is 3. The number of carbonyl (C=O) groups is 1. The number of aromatic nitrogens is 2. The molecule has 0 radical (unpaired) electrons. The summed E-state index contributed by atoms with van der Waals surface area (Å²) >= 11 is 0. The summed E-state index contributed by atoms with van der Waals surface area (Å²) in [4.78, 5) is 30.2. The molecule has 8 nitrogen and oxygen atoms in total. The van der Waals surface area contributed by atoms with Crippen LogP contribution in [0.1, 0.15) is 55.3 Å². The molecular formula is C28H31F3N4O4. The largest absolute Gasteiger partial charge is 0.492 e. The number of aromatic amines is 1. The Hall–Kier alpha value is -3.31. The highest BCUT2D eigenvalue weighted by molar-refractivity contribution is 6.06. The van der Waals surface area contributed by atoms with Crippen molar-refractivity contribution >= 4 is 22.6 Å². The molecule has 1 aromatic heterocycles. The van der Waals surface area contributed by atoms with E-state index in [-0.39, 0.29) is 42.1 Å². The highest BCUT2D eigenvalue weighted by atomic mass is 19.4. The van der Waals surface area contributed by atoms with Crippen LogP contribution >= 0.6 is 0 Å². The van der Waals surface area contributed by atoms with Gasteiger partial charge in [0, 0.05) is 24.3 Å². The first-order valence-electron chi connectivity index (χ1n) is 13.2. The Bertz CT molecular complexity index is 1510. The van der Waals surface area contributed by atoms with Crippen molar-refractivity contribution in [1.29, 1.82) is 0 Å². The number of anilines is 1. The highest BCUT2D eigenvalue weighted by Gasteiger charge is 2.48. The molecule has 3 N–H and O–H groups in total. The van der Waals surface area contributed by atoms with E-state index in [1.165, 1.54) is 6.07 Å². The van der Waals surface area contributed by atoms with Gasteiger partial charge in [-0.2, -0.15) is 13.2 Å². The van der Waals surface area contributed by atoms with Gasteiger partial charge in [-0.1, -0.05) is 17.7 Å². The quantitative estimate of drug-likeness (QED) is 0.449. The van der Waals surface area contributed by atoms with Gasteiger partial charge in [-0.25, -0.2) is 4.79 Å². The van der Waals surface area contributed by atoms with Crippen molar-refractivity contribution in [2.75, 3.05) is 31.6 Å². The molecule has 1 saturated heterocycles. The summed E-state index contributed by atoms with van der Waals surface area (Å²) in [6.07, 6.45) is -2.97. The second-order valence-corrected chi connectivity index (χ2v) is 11.5. The smallest absolute Gasteiger partial charge is 0.418 e. The number of hydrogen-bond acceptors (Lipinski definition) is 5. The maximum Gasteiger partial charge on any atom is 0.418 e. The first-order valence-corrected chi connectivity index (χ1v) is 13.2. The fourth-order valence-electron chi connectivity index (χ4n) is 6.50. The number of piperidine rings is 1. The van der Waals surface area contributed by atoms with Gasteiger partial charge in [-0.05, 0) is 70.3 Å². The Morgan fingerprint density at radius 1 is 1.13 bits per heavy atom. The van der Waals surface area contributed by atoms with Crippen LogP contribution in [0.5, 0.6) is 5.75 Å². The number of halogens is 3. The van der Waals surface area contributed by atoms with E-state index >= 15 is 0 Å². The van der Waals surface area contributed by atoms with Crippen molar-refractivity contribution in [2.45, 2.75) is 62.8 Å². The predicted molar refractivity (Wildman–Crippen MR) is 139 cm³/mol. The van der Waals surface area contributed by atoms with E-state index in [0.29, 0.717) is 32.5 Å². The summed E-state index contributed by atoms with van der Waals surface area (Å²) < 4.78 is 49.1. The van der Waals surface area contributed by atoms with Crippen LogP contribution in [0.15, 0.2) is 35.1 Å². The Morgan fingerprint density at radius 2 is 1.85 bits per heavy atom. The fourth-order valence-corrected chi connectivity index (χ4v) is 6.50. The van der Waals surface area contributed by atoms with E-state index in [0.717, 1.165) is 27.4 Å². The lowest BCUT2D eigenvalue weighted by Crippen LogP contribution is -2.47. The van der Waals surface area contributed by atoms with Crippen molar-refractivity contribution < 1.29 is 27.8 Å². The Balaban J connectivity index is 1.15. The van der Waals surface area contributed by atoms with Crippen LogP contribution in [0.4, 0.5) is 18.9 Å². The number of carbonyl (C=O) groups excluding carboxylic acids is 1. The standard InChI is InChI=1S/C28H31F3N4O4/c1-16-3-4-21-19(11-16)27(24(36)32-21)5-7-34(8-6-27)9-10-39-18-12-20(28(29,30)31)23-22(13-18)33-25(37)35(23)17-14-26(2,38)15-17/h3-4,11-13,17,38H,5-10,14-15H2,1-2H3,(H,32,36)(H,33,37). The lowest BCUT2D eigenvalue weighted by atomic mass is 9.73. The number of benzene rings is 2. The van der Waals surface area contributed by atoms with E-state index in [9.17, 15) is 27.9 Å². The highest BCUT2D eigenvalue weighted by Crippen LogP contribution is 2.46. The number of ether oxygens (including phenoxy) is 1. The van der Waals surface area contributed by atoms with Gasteiger partial charge in [0.2, 0.25) is 5.91 Å². The van der Waals surface area contributed by atoms with Crippen LogP contribution in [0.3, 0.4) is 0 Å². The lowest BCUT2D eigenvalue weighted by molar-refractivity contribution is -0.136. The summed E-state index contributed by atoms with van der Waals surface area (Å²) in [5, 5.41) is 13.1. The van der Waals surface area contributed by atoms with Gasteiger partial charge in [-0.3, -0.25) is 14.3 Å². The Morgan fingerprint density at radius 3 is 2.51 bits per heavy atom. The number of aliphatic hydroxyl groups is 1. The third-order valence-electron chi connectivity index (χ3n) is 8.57. The number of imidazole rings is 1.